The minimum atomic E-state index is -0.0218. The summed E-state index contributed by atoms with van der Waals surface area (Å²) in [5.74, 6) is 0.0400. The molecular formula is C19H22N6O. The predicted octanol–water partition coefficient (Wildman–Crippen LogP) is 1.69. The molecule has 26 heavy (non-hydrogen) atoms. The highest BCUT2D eigenvalue weighted by molar-refractivity contribution is 5.95. The van der Waals surface area contributed by atoms with Crippen molar-refractivity contribution in [2.45, 2.75) is 13.1 Å². The van der Waals surface area contributed by atoms with E-state index in [-0.39, 0.29) is 17.7 Å². The Bertz CT molecular complexity index is 793. The van der Waals surface area contributed by atoms with Gasteiger partial charge in [0.2, 0.25) is 0 Å². The van der Waals surface area contributed by atoms with Crippen molar-refractivity contribution >= 4 is 17.7 Å². The second-order valence-electron chi connectivity index (χ2n) is 6.35. The van der Waals surface area contributed by atoms with Crippen LogP contribution in [0.2, 0.25) is 0 Å². The van der Waals surface area contributed by atoms with Crippen molar-refractivity contribution < 1.29 is 4.79 Å². The highest BCUT2D eigenvalue weighted by Gasteiger charge is 2.28. The first-order valence-corrected chi connectivity index (χ1v) is 8.34. The molecule has 0 atom stereocenters. The van der Waals surface area contributed by atoms with Crippen molar-refractivity contribution in [1.29, 1.82) is 10.8 Å². The third kappa shape index (κ3) is 3.83. The molecular weight excluding hydrogens is 328 g/mol. The number of hydrogen-bond acceptors (Lipinski definition) is 3. The van der Waals surface area contributed by atoms with Gasteiger partial charge in [0.1, 0.15) is 11.7 Å². The summed E-state index contributed by atoms with van der Waals surface area (Å²) in [5, 5.41) is 15.1. The maximum absolute atomic E-state index is 12.7. The number of rotatable bonds is 6. The number of nitrogen functional groups attached to an aromatic ring is 2. The predicted molar refractivity (Wildman–Crippen MR) is 101 cm³/mol. The molecule has 1 fully saturated rings. The average Bonchev–Trinajstić information content (AvgIpc) is 2.95. The van der Waals surface area contributed by atoms with E-state index in [2.05, 4.69) is 0 Å². The Morgan fingerprint density at radius 2 is 1.27 bits per heavy atom. The molecule has 2 aromatic carbocycles. The van der Waals surface area contributed by atoms with Crippen LogP contribution < -0.4 is 11.5 Å². The van der Waals surface area contributed by atoms with E-state index in [0.29, 0.717) is 37.3 Å². The number of hydrogen-bond donors (Lipinski definition) is 4. The first-order valence-electron chi connectivity index (χ1n) is 8.34. The molecule has 1 aliphatic rings. The minimum Gasteiger partial charge on any atom is -0.384 e. The highest BCUT2D eigenvalue weighted by atomic mass is 16.2. The van der Waals surface area contributed by atoms with Crippen molar-refractivity contribution in [3.8, 4) is 0 Å². The van der Waals surface area contributed by atoms with Crippen molar-refractivity contribution in [2.24, 2.45) is 11.5 Å². The topological polar surface area (TPSA) is 123 Å². The molecule has 0 aliphatic carbocycles. The monoisotopic (exact) mass is 350 g/mol. The second kappa shape index (κ2) is 7.26. The molecule has 7 nitrogen and oxygen atoms in total. The number of carbonyl (C=O) groups excluding carboxylic acids is 1. The van der Waals surface area contributed by atoms with Gasteiger partial charge in [-0.05, 0) is 23.3 Å². The summed E-state index contributed by atoms with van der Waals surface area (Å²) >= 11 is 0. The fourth-order valence-corrected chi connectivity index (χ4v) is 3.04. The molecule has 3 rings (SSSR count). The summed E-state index contributed by atoms with van der Waals surface area (Å²) in [4.78, 5) is 16.2. The molecule has 7 heteroatoms. The Labute approximate surface area is 152 Å². The van der Waals surface area contributed by atoms with E-state index < -0.39 is 0 Å². The van der Waals surface area contributed by atoms with E-state index in [4.69, 9.17) is 22.3 Å². The molecule has 2 aromatic rings. The Morgan fingerprint density at radius 1 is 0.846 bits per heavy atom. The van der Waals surface area contributed by atoms with E-state index >= 15 is 0 Å². The molecule has 1 saturated heterocycles. The SMILES string of the molecule is N=C(N)c1cccc(CN2CCN(Cc3cccc(C(=N)N)c3)C2=O)c1. The number of nitrogens with zero attached hydrogens (tertiary/aromatic N) is 2. The molecule has 0 radical (unpaired) electrons. The molecule has 0 aromatic heterocycles. The van der Waals surface area contributed by atoms with Crippen molar-refractivity contribution in [3.63, 3.8) is 0 Å². The number of nitrogens with two attached hydrogens (primary N) is 2. The van der Waals surface area contributed by atoms with Gasteiger partial charge in [0.05, 0.1) is 0 Å². The number of urea groups is 1. The number of benzene rings is 2. The molecule has 0 saturated carbocycles. The van der Waals surface area contributed by atoms with Gasteiger partial charge in [-0.15, -0.1) is 0 Å². The lowest BCUT2D eigenvalue weighted by atomic mass is 10.1. The third-order valence-electron chi connectivity index (χ3n) is 4.40. The first kappa shape index (κ1) is 17.5. The van der Waals surface area contributed by atoms with Gasteiger partial charge in [-0.25, -0.2) is 4.79 Å². The molecule has 0 unspecified atom stereocenters. The van der Waals surface area contributed by atoms with Crippen LogP contribution in [0.1, 0.15) is 22.3 Å². The van der Waals surface area contributed by atoms with Crippen molar-refractivity contribution in [3.05, 3.63) is 70.8 Å². The summed E-state index contributed by atoms with van der Waals surface area (Å²) in [5.41, 5.74) is 14.3. The van der Waals surface area contributed by atoms with Crippen LogP contribution in [-0.4, -0.2) is 40.6 Å². The second-order valence-corrected chi connectivity index (χ2v) is 6.35. The summed E-state index contributed by atoms with van der Waals surface area (Å²) in [6, 6.07) is 14.8. The molecule has 6 N–H and O–H groups in total. The van der Waals surface area contributed by atoms with E-state index in [1.54, 1.807) is 21.9 Å². The fraction of sp³-hybridized carbons (Fsp3) is 0.211. The summed E-state index contributed by atoms with van der Waals surface area (Å²) < 4.78 is 0. The molecule has 1 aliphatic heterocycles. The highest BCUT2D eigenvalue weighted by Crippen LogP contribution is 2.17. The van der Waals surface area contributed by atoms with E-state index in [0.717, 1.165) is 11.1 Å². The van der Waals surface area contributed by atoms with Gasteiger partial charge in [0.15, 0.2) is 0 Å². The van der Waals surface area contributed by atoms with Gasteiger partial charge in [0.25, 0.3) is 0 Å². The fourth-order valence-electron chi connectivity index (χ4n) is 3.04. The van der Waals surface area contributed by atoms with Gasteiger partial charge >= 0.3 is 6.03 Å². The minimum absolute atomic E-state index is 0.0200. The van der Waals surface area contributed by atoms with Crippen LogP contribution in [0.3, 0.4) is 0 Å². The van der Waals surface area contributed by atoms with Crippen LogP contribution in [0, 0.1) is 10.8 Å². The standard InChI is InChI=1S/C19H22N6O/c20-17(21)15-5-1-3-13(9-15)11-24-7-8-25(19(24)26)12-14-4-2-6-16(10-14)18(22)23/h1-6,9-10H,7-8,11-12H2,(H3,20,21)(H3,22,23). The van der Waals surface area contributed by atoms with Gasteiger partial charge < -0.3 is 21.3 Å². The summed E-state index contributed by atoms with van der Waals surface area (Å²) in [7, 11) is 0. The van der Waals surface area contributed by atoms with E-state index in [1.807, 2.05) is 36.4 Å². The van der Waals surface area contributed by atoms with Gasteiger partial charge in [-0.2, -0.15) is 0 Å². The molecule has 2 amide bonds. The quantitative estimate of drug-likeness (QED) is 0.468. The zero-order valence-electron chi connectivity index (χ0n) is 14.4. The first-order chi connectivity index (χ1) is 12.4. The lowest BCUT2D eigenvalue weighted by Gasteiger charge is -2.19. The normalized spacial score (nSPS) is 13.9. The average molecular weight is 350 g/mol. The van der Waals surface area contributed by atoms with Crippen LogP contribution in [0.4, 0.5) is 4.79 Å². The Hall–Kier alpha value is -3.35. The molecule has 1 heterocycles. The van der Waals surface area contributed by atoms with Gasteiger partial charge in [-0.3, -0.25) is 10.8 Å². The van der Waals surface area contributed by atoms with Gasteiger partial charge in [-0.1, -0.05) is 36.4 Å². The van der Waals surface area contributed by atoms with E-state index in [1.165, 1.54) is 0 Å². The molecule has 134 valence electrons. The number of carbonyl (C=O) groups is 1. The van der Waals surface area contributed by atoms with Crippen LogP contribution in [0.25, 0.3) is 0 Å². The Kier molecular flexibility index (Phi) is 4.88. The largest absolute Gasteiger partial charge is 0.384 e. The molecule has 0 bridgehead atoms. The zero-order chi connectivity index (χ0) is 18.7. The molecule has 0 spiro atoms. The summed E-state index contributed by atoms with van der Waals surface area (Å²) in [6.45, 7) is 2.28. The van der Waals surface area contributed by atoms with Gasteiger partial charge in [0, 0.05) is 37.3 Å². The smallest absolute Gasteiger partial charge is 0.320 e. The van der Waals surface area contributed by atoms with Crippen LogP contribution in [-0.2, 0) is 13.1 Å². The number of nitrogens with one attached hydrogen (secondary N) is 2. The number of amides is 2. The third-order valence-corrected chi connectivity index (χ3v) is 4.40. The van der Waals surface area contributed by atoms with Crippen molar-refractivity contribution in [1.82, 2.24) is 9.80 Å². The maximum atomic E-state index is 12.7. The lowest BCUT2D eigenvalue weighted by Crippen LogP contribution is -2.31. The summed E-state index contributed by atoms with van der Waals surface area (Å²) in [6.07, 6.45) is 0. The van der Waals surface area contributed by atoms with Crippen LogP contribution in [0.15, 0.2) is 48.5 Å². The Morgan fingerprint density at radius 3 is 1.65 bits per heavy atom. The van der Waals surface area contributed by atoms with E-state index in [9.17, 15) is 4.79 Å². The number of amidine groups is 2. The maximum Gasteiger partial charge on any atom is 0.320 e. The lowest BCUT2D eigenvalue weighted by molar-refractivity contribution is 0.189. The van der Waals surface area contributed by atoms with Crippen molar-refractivity contribution in [2.75, 3.05) is 13.1 Å². The Balaban J connectivity index is 1.66. The van der Waals surface area contributed by atoms with Crippen LogP contribution in [0.5, 0.6) is 0 Å². The van der Waals surface area contributed by atoms with Crippen LogP contribution >= 0.6 is 0 Å². The zero-order valence-corrected chi connectivity index (χ0v) is 14.4.